The highest BCUT2D eigenvalue weighted by molar-refractivity contribution is 5.90. The third kappa shape index (κ3) is 3.68. The van der Waals surface area contributed by atoms with Crippen molar-refractivity contribution in [2.24, 2.45) is 23.7 Å². The Labute approximate surface area is 163 Å². The van der Waals surface area contributed by atoms with E-state index in [1.807, 2.05) is 30.3 Å². The van der Waals surface area contributed by atoms with Gasteiger partial charge in [0.2, 0.25) is 5.91 Å². The summed E-state index contributed by atoms with van der Waals surface area (Å²) in [7, 11) is 0. The molecule has 1 N–H and O–H groups in total. The maximum absolute atomic E-state index is 12.2. The minimum absolute atomic E-state index is 0.171. The Morgan fingerprint density at radius 3 is 2.15 bits per heavy atom. The zero-order chi connectivity index (χ0) is 18.3. The summed E-state index contributed by atoms with van der Waals surface area (Å²) in [6.45, 7) is 2.55. The Bertz CT molecular complexity index is 627. The molecule has 1 saturated heterocycles. The fourth-order valence-electron chi connectivity index (χ4n) is 7.23. The number of rotatable bonds is 5. The molecule has 1 amide bonds. The van der Waals surface area contributed by atoms with Crippen molar-refractivity contribution >= 4 is 11.6 Å². The number of carbonyl (C=O) groups is 1. The van der Waals surface area contributed by atoms with E-state index in [1.165, 1.54) is 64.5 Å². The number of anilines is 1. The van der Waals surface area contributed by atoms with Gasteiger partial charge in [0.15, 0.2) is 0 Å². The van der Waals surface area contributed by atoms with Crippen LogP contribution in [0.15, 0.2) is 30.3 Å². The first-order valence-corrected chi connectivity index (χ1v) is 11.3. The van der Waals surface area contributed by atoms with Crippen LogP contribution in [-0.4, -0.2) is 29.4 Å². The highest BCUT2D eigenvalue weighted by Crippen LogP contribution is 2.58. The lowest BCUT2D eigenvalue weighted by atomic mass is 9.52. The lowest BCUT2D eigenvalue weighted by Gasteiger charge is -2.61. The molecule has 1 aromatic rings. The average molecular weight is 367 g/mol. The molecule has 27 heavy (non-hydrogen) atoms. The lowest BCUT2D eigenvalue weighted by Crippen LogP contribution is -2.61. The van der Waals surface area contributed by atoms with E-state index in [9.17, 15) is 4.79 Å². The summed E-state index contributed by atoms with van der Waals surface area (Å²) in [6, 6.07) is 9.84. The topological polar surface area (TPSA) is 32.3 Å². The van der Waals surface area contributed by atoms with Gasteiger partial charge in [0.25, 0.3) is 0 Å². The molecule has 4 saturated carbocycles. The van der Waals surface area contributed by atoms with Crippen LogP contribution >= 0.6 is 0 Å². The molecule has 5 aliphatic rings. The number of likely N-dealkylation sites (tertiary alicyclic amines) is 1. The minimum Gasteiger partial charge on any atom is -0.326 e. The van der Waals surface area contributed by atoms with Crippen molar-refractivity contribution in [3.63, 3.8) is 0 Å². The number of nitrogens with one attached hydrogen (secondary N) is 1. The zero-order valence-electron chi connectivity index (χ0n) is 16.5. The summed E-state index contributed by atoms with van der Waals surface area (Å²) in [4.78, 5) is 15.1. The number of amides is 1. The van der Waals surface area contributed by atoms with Crippen molar-refractivity contribution < 1.29 is 4.79 Å². The molecule has 0 atom stereocenters. The summed E-state index contributed by atoms with van der Waals surface area (Å²) in [5, 5.41) is 3.03. The maximum atomic E-state index is 12.2. The molecule has 0 aromatic heterocycles. The first-order valence-electron chi connectivity index (χ1n) is 11.3. The van der Waals surface area contributed by atoms with Gasteiger partial charge in [-0.2, -0.15) is 0 Å². The molecule has 6 rings (SSSR count). The molecular weight excluding hydrogens is 332 g/mol. The van der Waals surface area contributed by atoms with Crippen molar-refractivity contribution in [2.75, 3.05) is 18.4 Å². The molecule has 1 aromatic carbocycles. The summed E-state index contributed by atoms with van der Waals surface area (Å²) >= 11 is 0. The number of hydrogen-bond acceptors (Lipinski definition) is 2. The molecular formula is C24H34N2O. The van der Waals surface area contributed by atoms with Crippen LogP contribution < -0.4 is 5.32 Å². The molecule has 1 heterocycles. The van der Waals surface area contributed by atoms with Gasteiger partial charge in [0.1, 0.15) is 0 Å². The fourth-order valence-corrected chi connectivity index (χ4v) is 7.23. The monoisotopic (exact) mass is 366 g/mol. The Morgan fingerprint density at radius 2 is 1.56 bits per heavy atom. The van der Waals surface area contributed by atoms with Crippen LogP contribution in [0.3, 0.4) is 0 Å². The van der Waals surface area contributed by atoms with E-state index >= 15 is 0 Å². The Balaban J connectivity index is 1.10. The van der Waals surface area contributed by atoms with Crippen LogP contribution in [0.5, 0.6) is 0 Å². The van der Waals surface area contributed by atoms with Crippen molar-refractivity contribution in [3.05, 3.63) is 30.3 Å². The Hall–Kier alpha value is -1.35. The van der Waals surface area contributed by atoms with Crippen molar-refractivity contribution in [3.8, 4) is 0 Å². The predicted molar refractivity (Wildman–Crippen MR) is 110 cm³/mol. The van der Waals surface area contributed by atoms with E-state index in [1.54, 1.807) is 0 Å². The van der Waals surface area contributed by atoms with E-state index in [4.69, 9.17) is 0 Å². The second-order valence-electron chi connectivity index (χ2n) is 10.0. The van der Waals surface area contributed by atoms with Gasteiger partial charge in [0.05, 0.1) is 0 Å². The summed E-state index contributed by atoms with van der Waals surface area (Å²) in [5.74, 6) is 4.02. The van der Waals surface area contributed by atoms with E-state index in [2.05, 4.69) is 10.2 Å². The van der Waals surface area contributed by atoms with Gasteiger partial charge in [-0.25, -0.2) is 0 Å². The molecule has 3 nitrogen and oxygen atoms in total. The fraction of sp³-hybridized carbons (Fsp3) is 0.708. The lowest BCUT2D eigenvalue weighted by molar-refractivity contribution is -0.117. The number of para-hydroxylation sites is 1. The van der Waals surface area contributed by atoms with Gasteiger partial charge < -0.3 is 5.32 Å². The Morgan fingerprint density at radius 1 is 0.963 bits per heavy atom. The van der Waals surface area contributed by atoms with Crippen molar-refractivity contribution in [1.82, 2.24) is 4.90 Å². The minimum atomic E-state index is 0.171. The van der Waals surface area contributed by atoms with Gasteiger partial charge in [-0.3, -0.25) is 9.69 Å². The predicted octanol–water partition coefficient (Wildman–Crippen LogP) is 5.09. The van der Waals surface area contributed by atoms with Gasteiger partial charge in [-0.15, -0.1) is 0 Å². The molecule has 0 radical (unpaired) electrons. The van der Waals surface area contributed by atoms with E-state index in [-0.39, 0.29) is 5.91 Å². The third-order valence-corrected chi connectivity index (χ3v) is 8.13. The second kappa shape index (κ2) is 7.24. The van der Waals surface area contributed by atoms with E-state index < -0.39 is 0 Å². The number of benzene rings is 1. The van der Waals surface area contributed by atoms with Gasteiger partial charge in [-0.05, 0) is 107 Å². The van der Waals surface area contributed by atoms with Crippen molar-refractivity contribution in [1.29, 1.82) is 0 Å². The van der Waals surface area contributed by atoms with Gasteiger partial charge in [-0.1, -0.05) is 18.2 Å². The number of piperidine rings is 1. The largest absolute Gasteiger partial charge is 0.326 e. The number of hydrogen-bond donors (Lipinski definition) is 1. The SMILES string of the molecule is O=C(CCC1CCN(C23CC4CC(CC(C4)C2)C3)CC1)Nc1ccccc1. The van der Waals surface area contributed by atoms with Crippen LogP contribution in [0.4, 0.5) is 5.69 Å². The number of nitrogens with zero attached hydrogens (tertiary/aromatic N) is 1. The highest BCUT2D eigenvalue weighted by atomic mass is 16.1. The van der Waals surface area contributed by atoms with Crippen molar-refractivity contribution in [2.45, 2.75) is 69.7 Å². The van der Waals surface area contributed by atoms with Crippen LogP contribution in [0.2, 0.25) is 0 Å². The molecule has 0 unspecified atom stereocenters. The van der Waals surface area contributed by atoms with Crippen LogP contribution in [0.25, 0.3) is 0 Å². The molecule has 1 aliphatic heterocycles. The molecule has 5 fully saturated rings. The number of carbonyl (C=O) groups excluding carboxylic acids is 1. The van der Waals surface area contributed by atoms with E-state index in [0.29, 0.717) is 12.0 Å². The van der Waals surface area contributed by atoms with Crippen LogP contribution in [0, 0.1) is 23.7 Å². The highest BCUT2D eigenvalue weighted by Gasteiger charge is 2.53. The van der Waals surface area contributed by atoms with Gasteiger partial charge in [0, 0.05) is 17.6 Å². The summed E-state index contributed by atoms with van der Waals surface area (Å²) in [5.41, 5.74) is 1.49. The zero-order valence-corrected chi connectivity index (χ0v) is 16.5. The summed E-state index contributed by atoms with van der Waals surface area (Å²) in [6.07, 6.45) is 13.4. The second-order valence-corrected chi connectivity index (χ2v) is 10.0. The molecule has 0 spiro atoms. The molecule has 4 aliphatic carbocycles. The van der Waals surface area contributed by atoms with Crippen LogP contribution in [0.1, 0.15) is 64.2 Å². The quantitative estimate of drug-likeness (QED) is 0.787. The molecule has 146 valence electrons. The average Bonchev–Trinajstić information content (AvgIpc) is 2.66. The first kappa shape index (κ1) is 17.7. The van der Waals surface area contributed by atoms with E-state index in [0.717, 1.165) is 35.8 Å². The van der Waals surface area contributed by atoms with Crippen LogP contribution in [-0.2, 0) is 4.79 Å². The first-order chi connectivity index (χ1) is 13.2. The third-order valence-electron chi connectivity index (χ3n) is 8.13. The molecule has 3 heteroatoms. The van der Waals surface area contributed by atoms with Gasteiger partial charge >= 0.3 is 0 Å². The standard InChI is InChI=1S/C24H34N2O/c27-23(25-22-4-2-1-3-5-22)7-6-18-8-10-26(11-9-18)24-15-19-12-20(16-24)14-21(13-19)17-24/h1-5,18-21H,6-17H2,(H,25,27). The Kier molecular flexibility index (Phi) is 4.75. The maximum Gasteiger partial charge on any atom is 0.224 e. The smallest absolute Gasteiger partial charge is 0.224 e. The normalized spacial score (nSPS) is 36.1. The molecule has 4 bridgehead atoms. The summed E-state index contributed by atoms with van der Waals surface area (Å²) < 4.78 is 0.